The van der Waals surface area contributed by atoms with Gasteiger partial charge in [-0.15, -0.1) is 0 Å². The zero-order valence-electron chi connectivity index (χ0n) is 21.7. The number of rotatable bonds is 7. The molecule has 0 saturated carbocycles. The first-order chi connectivity index (χ1) is 19.5. The van der Waals surface area contributed by atoms with E-state index in [9.17, 15) is 26.6 Å². The molecular formula is C25H26F4N8O2S2. The SMILES string of the molecule is C=CC(=O)Nc1cccc(Nc2nc(Nc3ccc(N4CCN(C(C)=O)CC4)nc3)ncc2C(F)(F)F)c1.FSS. The smallest absolute Gasteiger partial charge is 0.353 e. The van der Waals surface area contributed by atoms with Crippen LogP contribution in [0.5, 0.6) is 0 Å². The Morgan fingerprint density at radius 2 is 1.71 bits per heavy atom. The quantitative estimate of drug-likeness (QED) is 0.117. The van der Waals surface area contributed by atoms with Gasteiger partial charge in [0.25, 0.3) is 0 Å². The average molecular weight is 611 g/mol. The molecular weight excluding hydrogens is 584 g/mol. The molecule has 0 aliphatic carbocycles. The van der Waals surface area contributed by atoms with Gasteiger partial charge < -0.3 is 25.8 Å². The first kappa shape index (κ1) is 31.5. The van der Waals surface area contributed by atoms with Gasteiger partial charge in [-0.1, -0.05) is 24.3 Å². The molecule has 2 amide bonds. The Morgan fingerprint density at radius 1 is 1.02 bits per heavy atom. The Balaban J connectivity index is 0.00000147. The number of nitrogens with zero attached hydrogens (tertiary/aromatic N) is 5. The van der Waals surface area contributed by atoms with Crippen molar-refractivity contribution in [2.45, 2.75) is 13.1 Å². The van der Waals surface area contributed by atoms with E-state index in [-0.39, 0.29) is 28.7 Å². The van der Waals surface area contributed by atoms with Crippen LogP contribution >= 0.6 is 22.8 Å². The van der Waals surface area contributed by atoms with E-state index in [2.05, 4.69) is 49.1 Å². The van der Waals surface area contributed by atoms with Crippen molar-refractivity contribution < 1.29 is 26.6 Å². The molecule has 0 atom stereocenters. The number of carbonyl (C=O) groups is 2. The first-order valence-corrected chi connectivity index (χ1v) is 13.7. The number of nitrogens with one attached hydrogen (secondary N) is 3. The van der Waals surface area contributed by atoms with Gasteiger partial charge in [0, 0.05) is 50.7 Å². The van der Waals surface area contributed by atoms with Crippen molar-refractivity contribution in [2.75, 3.05) is 47.0 Å². The highest BCUT2D eigenvalue weighted by molar-refractivity contribution is 8.66. The largest absolute Gasteiger partial charge is 0.421 e. The fourth-order valence-corrected chi connectivity index (χ4v) is 3.78. The van der Waals surface area contributed by atoms with E-state index in [4.69, 9.17) is 0 Å². The Hall–Kier alpha value is -4.05. The second-order valence-corrected chi connectivity index (χ2v) is 9.00. The highest BCUT2D eigenvalue weighted by atomic mass is 33.1. The molecule has 0 spiro atoms. The molecule has 218 valence electrons. The molecule has 1 fully saturated rings. The number of anilines is 6. The fourth-order valence-electron chi connectivity index (χ4n) is 3.78. The number of benzene rings is 1. The van der Waals surface area contributed by atoms with Gasteiger partial charge in [-0.25, -0.2) is 9.97 Å². The van der Waals surface area contributed by atoms with Crippen molar-refractivity contribution in [3.63, 3.8) is 0 Å². The second kappa shape index (κ2) is 14.5. The number of thiol groups is 1. The minimum atomic E-state index is -4.70. The molecule has 1 aliphatic heterocycles. The summed E-state index contributed by atoms with van der Waals surface area (Å²) in [5.41, 5.74) is 0.0744. The van der Waals surface area contributed by atoms with Crippen LogP contribution in [0, 0.1) is 0 Å². The third-order valence-corrected chi connectivity index (χ3v) is 5.73. The normalized spacial score (nSPS) is 13.0. The molecule has 16 heteroatoms. The third-order valence-electron chi connectivity index (χ3n) is 5.73. The maximum absolute atomic E-state index is 13.7. The Labute approximate surface area is 242 Å². The second-order valence-electron chi connectivity index (χ2n) is 8.45. The molecule has 1 saturated heterocycles. The van der Waals surface area contributed by atoms with Crippen molar-refractivity contribution in [1.82, 2.24) is 19.9 Å². The molecule has 41 heavy (non-hydrogen) atoms. The molecule has 0 bridgehead atoms. The lowest BCUT2D eigenvalue weighted by Crippen LogP contribution is -2.48. The lowest BCUT2D eigenvalue weighted by Gasteiger charge is -2.34. The molecule has 1 aromatic carbocycles. The monoisotopic (exact) mass is 610 g/mol. The van der Waals surface area contributed by atoms with E-state index in [1.165, 1.54) is 18.3 Å². The molecule has 3 N–H and O–H groups in total. The van der Waals surface area contributed by atoms with Crippen LogP contribution in [0.3, 0.4) is 0 Å². The van der Waals surface area contributed by atoms with E-state index in [1.54, 1.807) is 36.1 Å². The van der Waals surface area contributed by atoms with Gasteiger partial charge in [-0.2, -0.15) is 22.0 Å². The molecule has 4 rings (SSSR count). The number of hydrogen-bond acceptors (Lipinski definition) is 10. The lowest BCUT2D eigenvalue weighted by atomic mass is 10.2. The summed E-state index contributed by atoms with van der Waals surface area (Å²) in [5, 5.41) is 8.09. The molecule has 2 aromatic heterocycles. The van der Waals surface area contributed by atoms with Gasteiger partial charge in [0.15, 0.2) is 0 Å². The highest BCUT2D eigenvalue weighted by Crippen LogP contribution is 2.35. The maximum atomic E-state index is 13.7. The van der Waals surface area contributed by atoms with Crippen LogP contribution in [0.1, 0.15) is 12.5 Å². The topological polar surface area (TPSA) is 115 Å². The number of carbonyl (C=O) groups excluding carboxylic acids is 2. The number of halogens is 4. The molecule has 3 heterocycles. The predicted molar refractivity (Wildman–Crippen MR) is 155 cm³/mol. The molecule has 1 aliphatic rings. The standard InChI is InChI=1S/C25H25F3N8O2.FHS2/c1-3-22(38)31-17-5-4-6-18(13-17)32-23-20(25(26,27)28)15-30-24(34-23)33-19-7-8-21(29-14-19)36-11-9-35(10-12-36)16(2)37;1-3-2/h3-8,13-15H,1,9-12H2,2H3,(H,31,38)(H2,30,32,33,34);2H. The van der Waals surface area contributed by atoms with Crippen molar-refractivity contribution in [1.29, 1.82) is 0 Å². The van der Waals surface area contributed by atoms with E-state index < -0.39 is 23.5 Å². The number of hydrogen-bond donors (Lipinski definition) is 4. The van der Waals surface area contributed by atoms with Gasteiger partial charge >= 0.3 is 6.18 Å². The van der Waals surface area contributed by atoms with E-state index in [1.807, 2.05) is 4.90 Å². The highest BCUT2D eigenvalue weighted by Gasteiger charge is 2.35. The van der Waals surface area contributed by atoms with Gasteiger partial charge in [0.2, 0.25) is 17.8 Å². The number of aromatic nitrogens is 3. The minimum Gasteiger partial charge on any atom is -0.353 e. The summed E-state index contributed by atoms with van der Waals surface area (Å²) < 4.78 is 51.0. The molecule has 10 nitrogen and oxygen atoms in total. The van der Waals surface area contributed by atoms with Crippen LogP contribution in [0.4, 0.5) is 51.7 Å². The van der Waals surface area contributed by atoms with Crippen molar-refractivity contribution in [3.05, 3.63) is 67.0 Å². The number of piperazine rings is 1. The summed E-state index contributed by atoms with van der Waals surface area (Å²) >= 11 is 2.98. The van der Waals surface area contributed by atoms with E-state index in [0.717, 1.165) is 11.9 Å². The first-order valence-electron chi connectivity index (χ1n) is 11.9. The lowest BCUT2D eigenvalue weighted by molar-refractivity contribution is -0.137. The third kappa shape index (κ3) is 9.24. The van der Waals surface area contributed by atoms with E-state index >= 15 is 0 Å². The van der Waals surface area contributed by atoms with Crippen LogP contribution in [-0.2, 0) is 15.8 Å². The summed E-state index contributed by atoms with van der Waals surface area (Å²) in [5.74, 6) is -0.228. The maximum Gasteiger partial charge on any atom is 0.421 e. The molecule has 0 radical (unpaired) electrons. The zero-order valence-corrected chi connectivity index (χ0v) is 23.4. The number of amides is 2. The number of alkyl halides is 3. The van der Waals surface area contributed by atoms with Crippen LogP contribution in [0.2, 0.25) is 0 Å². The Bertz CT molecular complexity index is 1350. The summed E-state index contributed by atoms with van der Waals surface area (Å²) in [6, 6.07) is 9.66. The minimum absolute atomic E-state index is 0.0368. The van der Waals surface area contributed by atoms with Crippen molar-refractivity contribution in [2.24, 2.45) is 0 Å². The Kier molecular flexibility index (Phi) is 11.2. The summed E-state index contributed by atoms with van der Waals surface area (Å²) in [6.07, 6.45) is -1.39. The number of pyridine rings is 1. The van der Waals surface area contributed by atoms with Crippen LogP contribution < -0.4 is 20.9 Å². The fraction of sp³-hybridized carbons (Fsp3) is 0.240. The molecule has 0 unspecified atom stereocenters. The summed E-state index contributed by atoms with van der Waals surface area (Å²) in [7, 11) is 0. The van der Waals surface area contributed by atoms with E-state index in [0.29, 0.717) is 43.8 Å². The van der Waals surface area contributed by atoms with Crippen LogP contribution in [0.15, 0.2) is 61.4 Å². The Morgan fingerprint density at radius 3 is 2.29 bits per heavy atom. The van der Waals surface area contributed by atoms with Gasteiger partial charge in [0.05, 0.1) is 11.9 Å². The van der Waals surface area contributed by atoms with Gasteiger partial charge in [0.1, 0.15) is 28.4 Å². The zero-order chi connectivity index (χ0) is 30.0. The summed E-state index contributed by atoms with van der Waals surface area (Å²) in [6.45, 7) is 7.42. The van der Waals surface area contributed by atoms with Gasteiger partial charge in [-0.3, -0.25) is 9.59 Å². The molecule has 3 aromatic rings. The van der Waals surface area contributed by atoms with Crippen molar-refractivity contribution in [3.8, 4) is 0 Å². The van der Waals surface area contributed by atoms with Crippen LogP contribution in [0.25, 0.3) is 0 Å². The predicted octanol–water partition coefficient (Wildman–Crippen LogP) is 5.62. The average Bonchev–Trinajstić information content (AvgIpc) is 2.93. The van der Waals surface area contributed by atoms with Crippen molar-refractivity contribution >= 4 is 69.3 Å². The van der Waals surface area contributed by atoms with Crippen LogP contribution in [-0.4, -0.2) is 57.8 Å². The summed E-state index contributed by atoms with van der Waals surface area (Å²) in [4.78, 5) is 39.2. The van der Waals surface area contributed by atoms with Gasteiger partial charge in [-0.05, 0) is 36.4 Å².